The van der Waals surface area contributed by atoms with Gasteiger partial charge in [-0.25, -0.2) is 0 Å². The van der Waals surface area contributed by atoms with E-state index >= 15 is 0 Å². The summed E-state index contributed by atoms with van der Waals surface area (Å²) in [6, 6.07) is 5.57. The molecule has 1 N–H and O–H groups in total. The fraction of sp³-hybridized carbons (Fsp3) is 0.273. The van der Waals surface area contributed by atoms with E-state index in [2.05, 4.69) is 6.58 Å². The number of halogens is 3. The Kier molecular flexibility index (Phi) is 2.90. The predicted molar refractivity (Wildman–Crippen MR) is 52.2 cm³/mol. The molecule has 0 spiro atoms. The van der Waals surface area contributed by atoms with E-state index in [1.54, 1.807) is 6.07 Å². The lowest BCUT2D eigenvalue weighted by Crippen LogP contribution is -2.39. The maximum atomic E-state index is 12.5. The molecule has 0 radical (unpaired) electrons. The molecule has 0 aliphatic carbocycles. The molecule has 0 saturated heterocycles. The largest absolute Gasteiger partial charge is 0.421 e. The smallest absolute Gasteiger partial charge is 0.376 e. The van der Waals surface area contributed by atoms with Gasteiger partial charge in [-0.05, 0) is 24.1 Å². The Balaban J connectivity index is 3.21. The van der Waals surface area contributed by atoms with Gasteiger partial charge >= 0.3 is 6.18 Å². The van der Waals surface area contributed by atoms with Gasteiger partial charge in [0.1, 0.15) is 0 Å². The van der Waals surface area contributed by atoms with Crippen LogP contribution in [-0.4, -0.2) is 11.3 Å². The number of benzene rings is 1. The van der Waals surface area contributed by atoms with Gasteiger partial charge in [0.25, 0.3) is 0 Å². The van der Waals surface area contributed by atoms with Crippen molar-refractivity contribution in [2.45, 2.75) is 18.7 Å². The molecule has 0 bridgehead atoms. The van der Waals surface area contributed by atoms with Gasteiger partial charge in [0.15, 0.2) is 5.60 Å². The van der Waals surface area contributed by atoms with E-state index in [0.29, 0.717) is 5.56 Å². The zero-order valence-electron chi connectivity index (χ0n) is 8.17. The Bertz CT molecular complexity index is 366. The molecule has 1 rings (SSSR count). The second kappa shape index (κ2) is 3.70. The van der Waals surface area contributed by atoms with E-state index < -0.39 is 11.8 Å². The second-order valence-electron chi connectivity index (χ2n) is 3.40. The summed E-state index contributed by atoms with van der Waals surface area (Å²) in [7, 11) is 0. The van der Waals surface area contributed by atoms with E-state index in [4.69, 9.17) is 0 Å². The standard InChI is InChI=1S/C11H11F3O/c1-3-8-5-4-6-9(7-8)10(2,15)11(12,13)14/h3-7,15H,1H2,2H3. The fourth-order valence-electron chi connectivity index (χ4n) is 1.13. The van der Waals surface area contributed by atoms with Crippen LogP contribution in [0.15, 0.2) is 30.8 Å². The molecule has 15 heavy (non-hydrogen) atoms. The summed E-state index contributed by atoms with van der Waals surface area (Å²) < 4.78 is 37.4. The van der Waals surface area contributed by atoms with Gasteiger partial charge in [0, 0.05) is 0 Å². The third-order valence-corrected chi connectivity index (χ3v) is 2.24. The molecule has 0 aliphatic rings. The average molecular weight is 216 g/mol. The van der Waals surface area contributed by atoms with Gasteiger partial charge in [0.2, 0.25) is 0 Å². The third kappa shape index (κ3) is 2.21. The summed E-state index contributed by atoms with van der Waals surface area (Å²) in [5, 5.41) is 9.38. The van der Waals surface area contributed by atoms with Gasteiger partial charge in [-0.2, -0.15) is 13.2 Å². The van der Waals surface area contributed by atoms with E-state index in [-0.39, 0.29) is 5.56 Å². The second-order valence-corrected chi connectivity index (χ2v) is 3.40. The first-order valence-corrected chi connectivity index (χ1v) is 4.31. The van der Waals surface area contributed by atoms with Crippen molar-refractivity contribution in [2.75, 3.05) is 0 Å². The maximum absolute atomic E-state index is 12.5. The van der Waals surface area contributed by atoms with Crippen molar-refractivity contribution in [3.8, 4) is 0 Å². The van der Waals surface area contributed by atoms with Gasteiger partial charge in [-0.15, -0.1) is 0 Å². The van der Waals surface area contributed by atoms with Crippen molar-refractivity contribution >= 4 is 6.08 Å². The first kappa shape index (κ1) is 11.8. The van der Waals surface area contributed by atoms with Crippen LogP contribution < -0.4 is 0 Å². The highest BCUT2D eigenvalue weighted by Gasteiger charge is 2.51. The Labute approximate surface area is 85.9 Å². The molecule has 1 aromatic rings. The molecule has 4 heteroatoms. The van der Waals surface area contributed by atoms with Gasteiger partial charge in [-0.1, -0.05) is 30.9 Å². The van der Waals surface area contributed by atoms with Crippen LogP contribution in [0.5, 0.6) is 0 Å². The van der Waals surface area contributed by atoms with Crippen molar-refractivity contribution in [1.29, 1.82) is 0 Å². The molecular weight excluding hydrogens is 205 g/mol. The Morgan fingerprint density at radius 2 is 1.93 bits per heavy atom. The summed E-state index contributed by atoms with van der Waals surface area (Å²) in [4.78, 5) is 0. The van der Waals surface area contributed by atoms with Crippen LogP contribution in [-0.2, 0) is 5.60 Å². The highest BCUT2D eigenvalue weighted by atomic mass is 19.4. The minimum absolute atomic E-state index is 0.188. The van der Waals surface area contributed by atoms with Crippen molar-refractivity contribution in [2.24, 2.45) is 0 Å². The maximum Gasteiger partial charge on any atom is 0.421 e. The molecular formula is C11H11F3O. The quantitative estimate of drug-likeness (QED) is 0.805. The Hall–Kier alpha value is -1.29. The van der Waals surface area contributed by atoms with Crippen molar-refractivity contribution in [3.63, 3.8) is 0 Å². The number of alkyl halides is 3. The van der Waals surface area contributed by atoms with E-state index in [1.165, 1.54) is 24.3 Å². The summed E-state index contributed by atoms with van der Waals surface area (Å²) in [6.45, 7) is 4.18. The minimum Gasteiger partial charge on any atom is -0.376 e. The lowest BCUT2D eigenvalue weighted by molar-refractivity contribution is -0.258. The van der Waals surface area contributed by atoms with E-state index in [1.807, 2.05) is 0 Å². The normalized spacial score (nSPS) is 15.8. The lowest BCUT2D eigenvalue weighted by Gasteiger charge is -2.26. The summed E-state index contributed by atoms with van der Waals surface area (Å²) >= 11 is 0. The summed E-state index contributed by atoms with van der Waals surface area (Å²) in [6.07, 6.45) is -3.26. The first-order valence-electron chi connectivity index (χ1n) is 4.31. The summed E-state index contributed by atoms with van der Waals surface area (Å²) in [5.41, 5.74) is -2.48. The molecule has 0 aromatic heterocycles. The van der Waals surface area contributed by atoms with Crippen LogP contribution in [0.2, 0.25) is 0 Å². The summed E-state index contributed by atoms with van der Waals surface area (Å²) in [5.74, 6) is 0. The first-order chi connectivity index (χ1) is 6.79. The Morgan fingerprint density at radius 3 is 2.40 bits per heavy atom. The predicted octanol–water partition coefficient (Wildman–Crippen LogP) is 3.10. The molecule has 1 aromatic carbocycles. The highest BCUT2D eigenvalue weighted by Crippen LogP contribution is 2.38. The molecule has 1 nitrogen and oxygen atoms in total. The van der Waals surface area contributed by atoms with Crippen molar-refractivity contribution in [3.05, 3.63) is 42.0 Å². The van der Waals surface area contributed by atoms with Crippen LogP contribution in [0.1, 0.15) is 18.1 Å². The lowest BCUT2D eigenvalue weighted by atomic mass is 9.94. The molecule has 1 unspecified atom stereocenters. The van der Waals surface area contributed by atoms with Gasteiger partial charge in [0.05, 0.1) is 0 Å². The van der Waals surface area contributed by atoms with Crippen molar-refractivity contribution < 1.29 is 18.3 Å². The highest BCUT2D eigenvalue weighted by molar-refractivity contribution is 5.48. The molecule has 82 valence electrons. The van der Waals surface area contributed by atoms with Crippen LogP contribution in [0.4, 0.5) is 13.2 Å². The zero-order valence-corrected chi connectivity index (χ0v) is 8.17. The number of hydrogen-bond donors (Lipinski definition) is 1. The van der Waals surface area contributed by atoms with E-state index in [0.717, 1.165) is 6.92 Å². The van der Waals surface area contributed by atoms with Crippen molar-refractivity contribution in [1.82, 2.24) is 0 Å². The molecule has 1 atom stereocenters. The fourth-order valence-corrected chi connectivity index (χ4v) is 1.13. The topological polar surface area (TPSA) is 20.2 Å². The van der Waals surface area contributed by atoms with Crippen LogP contribution >= 0.6 is 0 Å². The van der Waals surface area contributed by atoms with Gasteiger partial charge < -0.3 is 5.11 Å². The van der Waals surface area contributed by atoms with Crippen LogP contribution in [0.25, 0.3) is 6.08 Å². The molecule has 0 heterocycles. The zero-order chi connectivity index (χ0) is 11.7. The molecule has 0 fully saturated rings. The molecule has 0 aliphatic heterocycles. The number of hydrogen-bond acceptors (Lipinski definition) is 1. The Morgan fingerprint density at radius 1 is 1.33 bits per heavy atom. The van der Waals surface area contributed by atoms with Gasteiger partial charge in [-0.3, -0.25) is 0 Å². The number of rotatable bonds is 2. The van der Waals surface area contributed by atoms with E-state index in [9.17, 15) is 18.3 Å². The average Bonchev–Trinajstić information content (AvgIpc) is 2.16. The minimum atomic E-state index is -4.69. The SMILES string of the molecule is C=Cc1cccc(C(C)(O)C(F)(F)F)c1. The third-order valence-electron chi connectivity index (χ3n) is 2.24. The number of aliphatic hydroxyl groups is 1. The van der Waals surface area contributed by atoms with Crippen LogP contribution in [0.3, 0.4) is 0 Å². The monoisotopic (exact) mass is 216 g/mol. The van der Waals surface area contributed by atoms with Crippen LogP contribution in [0, 0.1) is 0 Å². The molecule has 0 amide bonds. The molecule has 0 saturated carbocycles.